The highest BCUT2D eigenvalue weighted by molar-refractivity contribution is 6.31. The van der Waals surface area contributed by atoms with Crippen molar-refractivity contribution in [1.29, 1.82) is 0 Å². The molecule has 21 heavy (non-hydrogen) atoms. The number of likely N-dealkylation sites (N-methyl/N-ethyl adjacent to an activating group) is 1. The van der Waals surface area contributed by atoms with Crippen LogP contribution in [-0.4, -0.2) is 21.3 Å². The summed E-state index contributed by atoms with van der Waals surface area (Å²) in [6, 6.07) is 13.7. The van der Waals surface area contributed by atoms with E-state index in [9.17, 15) is 0 Å². The number of halogens is 1. The van der Waals surface area contributed by atoms with Gasteiger partial charge in [0, 0.05) is 11.1 Å². The molecule has 2 aromatic rings. The third-order valence-electron chi connectivity index (χ3n) is 3.54. The second kappa shape index (κ2) is 7.34. The van der Waals surface area contributed by atoms with Crippen LogP contribution in [-0.2, 0) is 6.42 Å². The molecule has 2 aromatic carbocycles. The first kappa shape index (κ1) is 15.7. The van der Waals surface area contributed by atoms with E-state index >= 15 is 0 Å². The van der Waals surface area contributed by atoms with Crippen molar-refractivity contribution in [2.75, 3.05) is 21.3 Å². The average Bonchev–Trinajstić information content (AvgIpc) is 2.53. The SMILES string of the molecule is CNC(Cc1ccccc1Cl)c1c(OC)cccc1OC. The third kappa shape index (κ3) is 3.49. The normalized spacial score (nSPS) is 12.0. The van der Waals surface area contributed by atoms with Gasteiger partial charge in [-0.1, -0.05) is 35.9 Å². The molecule has 0 aliphatic rings. The lowest BCUT2D eigenvalue weighted by Gasteiger charge is -2.22. The molecular formula is C17H20ClNO2. The molecule has 0 saturated heterocycles. The van der Waals surface area contributed by atoms with Gasteiger partial charge in [0.05, 0.1) is 19.8 Å². The Balaban J connectivity index is 2.40. The van der Waals surface area contributed by atoms with E-state index in [1.807, 2.05) is 49.5 Å². The minimum absolute atomic E-state index is 0.0519. The summed E-state index contributed by atoms with van der Waals surface area (Å²) >= 11 is 6.27. The zero-order valence-corrected chi connectivity index (χ0v) is 13.3. The molecule has 4 heteroatoms. The van der Waals surface area contributed by atoms with Crippen LogP contribution in [0.4, 0.5) is 0 Å². The summed E-state index contributed by atoms with van der Waals surface area (Å²) in [5.41, 5.74) is 2.09. The van der Waals surface area contributed by atoms with Gasteiger partial charge in [-0.3, -0.25) is 0 Å². The van der Waals surface area contributed by atoms with E-state index in [-0.39, 0.29) is 6.04 Å². The standard InChI is InChI=1S/C17H20ClNO2/c1-19-14(11-12-7-4-5-8-13(12)18)17-15(20-2)9-6-10-16(17)21-3/h4-10,14,19H,11H2,1-3H3. The van der Waals surface area contributed by atoms with E-state index in [0.29, 0.717) is 0 Å². The molecule has 0 aromatic heterocycles. The van der Waals surface area contributed by atoms with Crippen molar-refractivity contribution < 1.29 is 9.47 Å². The maximum Gasteiger partial charge on any atom is 0.127 e. The van der Waals surface area contributed by atoms with Crippen molar-refractivity contribution >= 4 is 11.6 Å². The molecule has 1 atom stereocenters. The number of methoxy groups -OCH3 is 2. The lowest BCUT2D eigenvalue weighted by molar-refractivity contribution is 0.373. The highest BCUT2D eigenvalue weighted by atomic mass is 35.5. The van der Waals surface area contributed by atoms with Gasteiger partial charge in [0.2, 0.25) is 0 Å². The number of hydrogen-bond donors (Lipinski definition) is 1. The van der Waals surface area contributed by atoms with Gasteiger partial charge in [-0.2, -0.15) is 0 Å². The van der Waals surface area contributed by atoms with Gasteiger partial charge in [0.25, 0.3) is 0 Å². The van der Waals surface area contributed by atoms with Crippen LogP contribution in [0.5, 0.6) is 11.5 Å². The maximum atomic E-state index is 6.27. The smallest absolute Gasteiger partial charge is 0.127 e. The molecule has 0 aliphatic heterocycles. The molecule has 0 amide bonds. The van der Waals surface area contributed by atoms with Gasteiger partial charge < -0.3 is 14.8 Å². The van der Waals surface area contributed by atoms with Crippen LogP contribution in [0.2, 0.25) is 5.02 Å². The summed E-state index contributed by atoms with van der Waals surface area (Å²) in [6.45, 7) is 0. The Morgan fingerprint density at radius 2 is 1.62 bits per heavy atom. The summed E-state index contributed by atoms with van der Waals surface area (Å²) in [7, 11) is 5.26. The fourth-order valence-corrected chi connectivity index (χ4v) is 2.67. The lowest BCUT2D eigenvalue weighted by atomic mass is 9.97. The molecule has 0 bridgehead atoms. The van der Waals surface area contributed by atoms with Crippen LogP contribution in [0.3, 0.4) is 0 Å². The van der Waals surface area contributed by atoms with Crippen LogP contribution in [0.25, 0.3) is 0 Å². The number of ether oxygens (including phenoxy) is 2. The first-order valence-corrected chi connectivity index (χ1v) is 7.20. The quantitative estimate of drug-likeness (QED) is 0.879. The molecule has 1 N–H and O–H groups in total. The molecular weight excluding hydrogens is 286 g/mol. The van der Waals surface area contributed by atoms with Crippen LogP contribution in [0, 0.1) is 0 Å². The summed E-state index contributed by atoms with van der Waals surface area (Å²) in [6.07, 6.45) is 0.757. The van der Waals surface area contributed by atoms with E-state index in [1.54, 1.807) is 14.2 Å². The second-order valence-electron chi connectivity index (χ2n) is 4.71. The molecule has 1 unspecified atom stereocenters. The van der Waals surface area contributed by atoms with Gasteiger partial charge in [-0.25, -0.2) is 0 Å². The second-order valence-corrected chi connectivity index (χ2v) is 5.12. The molecule has 112 valence electrons. The van der Waals surface area contributed by atoms with Crippen molar-refractivity contribution in [3.63, 3.8) is 0 Å². The Bertz CT molecular complexity index is 579. The van der Waals surface area contributed by atoms with Gasteiger partial charge in [0.1, 0.15) is 11.5 Å². The largest absolute Gasteiger partial charge is 0.496 e. The molecule has 0 aliphatic carbocycles. The predicted molar refractivity (Wildman–Crippen MR) is 86.5 cm³/mol. The summed E-state index contributed by atoms with van der Waals surface area (Å²) in [5, 5.41) is 4.09. The van der Waals surface area contributed by atoms with E-state index in [0.717, 1.165) is 34.1 Å². The molecule has 0 saturated carbocycles. The average molecular weight is 306 g/mol. The van der Waals surface area contributed by atoms with E-state index in [4.69, 9.17) is 21.1 Å². The Morgan fingerprint density at radius 3 is 2.14 bits per heavy atom. The predicted octanol–water partition coefficient (Wildman–Crippen LogP) is 3.86. The fraction of sp³-hybridized carbons (Fsp3) is 0.294. The van der Waals surface area contributed by atoms with Crippen LogP contribution < -0.4 is 14.8 Å². The monoisotopic (exact) mass is 305 g/mol. The number of rotatable bonds is 6. The maximum absolute atomic E-state index is 6.27. The van der Waals surface area contributed by atoms with Crippen molar-refractivity contribution in [2.24, 2.45) is 0 Å². The topological polar surface area (TPSA) is 30.5 Å². The van der Waals surface area contributed by atoms with Crippen LogP contribution in [0.1, 0.15) is 17.2 Å². The summed E-state index contributed by atoms with van der Waals surface area (Å²) in [5.74, 6) is 1.61. The zero-order chi connectivity index (χ0) is 15.2. The van der Waals surface area contributed by atoms with Gasteiger partial charge in [-0.05, 0) is 37.2 Å². The molecule has 0 radical (unpaired) electrons. The molecule has 3 nitrogen and oxygen atoms in total. The Morgan fingerprint density at radius 1 is 1.00 bits per heavy atom. The van der Waals surface area contributed by atoms with Crippen molar-refractivity contribution in [3.8, 4) is 11.5 Å². The van der Waals surface area contributed by atoms with Crippen LogP contribution >= 0.6 is 11.6 Å². The minimum atomic E-state index is 0.0519. The van der Waals surface area contributed by atoms with Crippen molar-refractivity contribution in [2.45, 2.75) is 12.5 Å². The minimum Gasteiger partial charge on any atom is -0.496 e. The first-order chi connectivity index (χ1) is 10.2. The molecule has 2 rings (SSSR count). The van der Waals surface area contributed by atoms with Crippen LogP contribution in [0.15, 0.2) is 42.5 Å². The highest BCUT2D eigenvalue weighted by Crippen LogP contribution is 2.36. The zero-order valence-electron chi connectivity index (χ0n) is 12.5. The highest BCUT2D eigenvalue weighted by Gasteiger charge is 2.20. The van der Waals surface area contributed by atoms with Gasteiger partial charge in [-0.15, -0.1) is 0 Å². The Labute approximate surface area is 130 Å². The molecule has 0 spiro atoms. The van der Waals surface area contributed by atoms with E-state index in [1.165, 1.54) is 0 Å². The van der Waals surface area contributed by atoms with E-state index in [2.05, 4.69) is 5.32 Å². The number of benzene rings is 2. The Kier molecular flexibility index (Phi) is 5.48. The van der Waals surface area contributed by atoms with Gasteiger partial charge >= 0.3 is 0 Å². The first-order valence-electron chi connectivity index (χ1n) is 6.82. The fourth-order valence-electron chi connectivity index (χ4n) is 2.46. The molecule has 0 fully saturated rings. The summed E-state index contributed by atoms with van der Waals surface area (Å²) < 4.78 is 11.0. The Hall–Kier alpha value is -1.71. The third-order valence-corrected chi connectivity index (χ3v) is 3.91. The summed E-state index contributed by atoms with van der Waals surface area (Å²) in [4.78, 5) is 0. The number of hydrogen-bond acceptors (Lipinski definition) is 3. The lowest BCUT2D eigenvalue weighted by Crippen LogP contribution is -2.20. The number of nitrogens with one attached hydrogen (secondary N) is 1. The molecule has 0 heterocycles. The van der Waals surface area contributed by atoms with Crippen molar-refractivity contribution in [3.05, 3.63) is 58.6 Å². The van der Waals surface area contributed by atoms with Crippen molar-refractivity contribution in [1.82, 2.24) is 5.32 Å². The van der Waals surface area contributed by atoms with E-state index < -0.39 is 0 Å². The van der Waals surface area contributed by atoms with Gasteiger partial charge in [0.15, 0.2) is 0 Å².